The molecule has 1 aromatic rings. The van der Waals surface area contributed by atoms with E-state index < -0.39 is 21.8 Å². The number of carbonyl (C=O) groups excluding carboxylic acids is 1. The van der Waals surface area contributed by atoms with Crippen molar-refractivity contribution in [1.29, 1.82) is 0 Å². The SMILES string of the molecule is CC1CCC(C(N)=O)CN1S(=O)(=O)c1c(N)ncn1C. The summed E-state index contributed by atoms with van der Waals surface area (Å²) in [6.45, 7) is 1.89. The molecule has 0 aliphatic carbocycles. The predicted molar refractivity (Wildman–Crippen MR) is 72.9 cm³/mol. The Kier molecular flexibility index (Phi) is 3.74. The van der Waals surface area contributed by atoms with Gasteiger partial charge in [-0.05, 0) is 19.8 Å². The van der Waals surface area contributed by atoms with Gasteiger partial charge < -0.3 is 16.0 Å². The lowest BCUT2D eigenvalue weighted by atomic mass is 9.95. The number of nitrogens with two attached hydrogens (primary N) is 2. The molecule has 9 heteroatoms. The Bertz CT molecular complexity index is 605. The topological polar surface area (TPSA) is 124 Å². The van der Waals surface area contributed by atoms with Gasteiger partial charge in [0.2, 0.25) is 5.91 Å². The number of hydrogen-bond acceptors (Lipinski definition) is 5. The Morgan fingerprint density at radius 3 is 2.60 bits per heavy atom. The van der Waals surface area contributed by atoms with Crippen LogP contribution in [0.15, 0.2) is 11.4 Å². The second kappa shape index (κ2) is 5.06. The summed E-state index contributed by atoms with van der Waals surface area (Å²) in [7, 11) is -2.23. The molecule has 0 saturated carbocycles. The molecule has 2 atom stereocenters. The summed E-state index contributed by atoms with van der Waals surface area (Å²) in [5.41, 5.74) is 10.9. The maximum atomic E-state index is 12.7. The molecule has 1 aromatic heterocycles. The second-order valence-corrected chi connectivity index (χ2v) is 6.95. The fourth-order valence-electron chi connectivity index (χ4n) is 2.50. The summed E-state index contributed by atoms with van der Waals surface area (Å²) in [5.74, 6) is -0.980. The second-order valence-electron chi connectivity index (χ2n) is 5.15. The van der Waals surface area contributed by atoms with Crippen LogP contribution in [0.25, 0.3) is 0 Å². The highest BCUT2D eigenvalue weighted by Gasteiger charge is 2.39. The normalized spacial score (nSPS) is 24.7. The Labute approximate surface area is 117 Å². The first-order valence-electron chi connectivity index (χ1n) is 6.33. The lowest BCUT2D eigenvalue weighted by Crippen LogP contribution is -2.48. The third-order valence-corrected chi connectivity index (χ3v) is 5.80. The van der Waals surface area contributed by atoms with E-state index in [1.54, 1.807) is 14.0 Å². The quantitative estimate of drug-likeness (QED) is 0.762. The molecule has 112 valence electrons. The molecule has 0 aromatic carbocycles. The summed E-state index contributed by atoms with van der Waals surface area (Å²) >= 11 is 0. The molecule has 2 unspecified atom stereocenters. The standard InChI is InChI=1S/C11H19N5O3S/c1-7-3-4-8(10(13)17)5-16(7)20(18,19)11-9(12)14-6-15(11)2/h6-8H,3-5,12H2,1-2H3,(H2,13,17). The Morgan fingerprint density at radius 1 is 1.45 bits per heavy atom. The number of anilines is 1. The Balaban J connectivity index is 2.40. The van der Waals surface area contributed by atoms with Crippen molar-refractivity contribution in [2.75, 3.05) is 12.3 Å². The van der Waals surface area contributed by atoms with Gasteiger partial charge in [-0.15, -0.1) is 0 Å². The molecule has 1 aliphatic rings. The summed E-state index contributed by atoms with van der Waals surface area (Å²) < 4.78 is 28.1. The number of amides is 1. The zero-order valence-corrected chi connectivity index (χ0v) is 12.3. The van der Waals surface area contributed by atoms with E-state index in [0.717, 1.165) is 0 Å². The number of carbonyl (C=O) groups is 1. The number of imidazole rings is 1. The lowest BCUT2D eigenvalue weighted by Gasteiger charge is -2.35. The Hall–Kier alpha value is -1.61. The lowest BCUT2D eigenvalue weighted by molar-refractivity contribution is -0.123. The number of primary amides is 1. The Morgan fingerprint density at radius 2 is 2.10 bits per heavy atom. The molecule has 1 aliphatic heterocycles. The van der Waals surface area contributed by atoms with Crippen molar-refractivity contribution in [3.8, 4) is 0 Å². The van der Waals surface area contributed by atoms with Gasteiger partial charge in [0.25, 0.3) is 10.0 Å². The van der Waals surface area contributed by atoms with E-state index in [0.29, 0.717) is 12.8 Å². The maximum Gasteiger partial charge on any atom is 0.262 e. The van der Waals surface area contributed by atoms with Gasteiger partial charge in [-0.3, -0.25) is 4.79 Å². The first-order chi connectivity index (χ1) is 9.25. The van der Waals surface area contributed by atoms with Crippen molar-refractivity contribution in [3.05, 3.63) is 6.33 Å². The third-order valence-electron chi connectivity index (χ3n) is 3.69. The summed E-state index contributed by atoms with van der Waals surface area (Å²) in [6, 6.07) is -0.204. The number of piperidine rings is 1. The highest BCUT2D eigenvalue weighted by atomic mass is 32.2. The van der Waals surface area contributed by atoms with Crippen molar-refractivity contribution >= 4 is 21.7 Å². The highest BCUT2D eigenvalue weighted by Crippen LogP contribution is 2.29. The molecule has 20 heavy (non-hydrogen) atoms. The number of sulfonamides is 1. The molecule has 4 N–H and O–H groups in total. The average Bonchev–Trinajstić information content (AvgIpc) is 2.69. The van der Waals surface area contributed by atoms with Crippen molar-refractivity contribution in [2.24, 2.45) is 18.7 Å². The van der Waals surface area contributed by atoms with Crippen LogP contribution in [0.2, 0.25) is 0 Å². The van der Waals surface area contributed by atoms with E-state index in [-0.39, 0.29) is 23.4 Å². The van der Waals surface area contributed by atoms with Gasteiger partial charge in [0, 0.05) is 19.6 Å². The molecule has 8 nitrogen and oxygen atoms in total. The van der Waals surface area contributed by atoms with Crippen LogP contribution in [0.5, 0.6) is 0 Å². The zero-order valence-electron chi connectivity index (χ0n) is 11.5. The largest absolute Gasteiger partial charge is 0.381 e. The van der Waals surface area contributed by atoms with E-state index in [2.05, 4.69) is 4.98 Å². The molecule has 1 saturated heterocycles. The molecular weight excluding hydrogens is 282 g/mol. The maximum absolute atomic E-state index is 12.7. The van der Waals surface area contributed by atoms with Crippen molar-refractivity contribution < 1.29 is 13.2 Å². The van der Waals surface area contributed by atoms with E-state index in [1.807, 2.05) is 0 Å². The zero-order chi connectivity index (χ0) is 15.1. The highest BCUT2D eigenvalue weighted by molar-refractivity contribution is 7.89. The third kappa shape index (κ3) is 2.38. The monoisotopic (exact) mass is 301 g/mol. The van der Waals surface area contributed by atoms with E-state index in [4.69, 9.17) is 11.5 Å². The van der Waals surface area contributed by atoms with Gasteiger partial charge in [-0.25, -0.2) is 13.4 Å². The first kappa shape index (κ1) is 14.8. The first-order valence-corrected chi connectivity index (χ1v) is 7.77. The molecule has 0 bridgehead atoms. The van der Waals surface area contributed by atoms with Crippen molar-refractivity contribution in [1.82, 2.24) is 13.9 Å². The molecule has 2 heterocycles. The fourth-order valence-corrected chi connectivity index (χ4v) is 4.41. The minimum atomic E-state index is -3.79. The molecular formula is C11H19N5O3S. The number of aryl methyl sites for hydroxylation is 1. The number of nitrogen functional groups attached to an aromatic ring is 1. The van der Waals surface area contributed by atoms with Crippen LogP contribution < -0.4 is 11.5 Å². The number of nitrogens with zero attached hydrogens (tertiary/aromatic N) is 3. The summed E-state index contributed by atoms with van der Waals surface area (Å²) in [5, 5.41) is -0.0468. The van der Waals surface area contributed by atoms with Crippen molar-refractivity contribution in [3.63, 3.8) is 0 Å². The minimum absolute atomic E-state index is 0.0408. The summed E-state index contributed by atoms with van der Waals surface area (Å²) in [6.07, 6.45) is 2.54. The predicted octanol–water partition coefficient (Wildman–Crippen LogP) is -0.723. The van der Waals surface area contributed by atoms with Gasteiger partial charge in [0.15, 0.2) is 10.8 Å². The van der Waals surface area contributed by atoms with Gasteiger partial charge in [-0.1, -0.05) is 0 Å². The van der Waals surface area contributed by atoms with Crippen LogP contribution in [0.3, 0.4) is 0 Å². The van der Waals surface area contributed by atoms with Gasteiger partial charge >= 0.3 is 0 Å². The van der Waals surface area contributed by atoms with Crippen LogP contribution in [-0.4, -0.2) is 40.8 Å². The average molecular weight is 301 g/mol. The van der Waals surface area contributed by atoms with Crippen LogP contribution in [0.4, 0.5) is 5.82 Å². The van der Waals surface area contributed by atoms with Gasteiger partial charge in [0.1, 0.15) is 0 Å². The van der Waals surface area contributed by atoms with E-state index >= 15 is 0 Å². The molecule has 1 fully saturated rings. The van der Waals surface area contributed by atoms with Gasteiger partial charge in [0.05, 0.1) is 12.2 Å². The minimum Gasteiger partial charge on any atom is -0.381 e. The van der Waals surface area contributed by atoms with Gasteiger partial charge in [-0.2, -0.15) is 4.31 Å². The van der Waals surface area contributed by atoms with Crippen molar-refractivity contribution in [2.45, 2.75) is 30.8 Å². The number of rotatable bonds is 3. The molecule has 1 amide bonds. The smallest absolute Gasteiger partial charge is 0.262 e. The number of aromatic nitrogens is 2. The van der Waals surface area contributed by atoms with Crippen LogP contribution in [0, 0.1) is 5.92 Å². The molecule has 0 spiro atoms. The molecule has 2 rings (SSSR count). The number of hydrogen-bond donors (Lipinski definition) is 2. The fraction of sp³-hybridized carbons (Fsp3) is 0.636. The molecule has 0 radical (unpaired) electrons. The van der Waals surface area contributed by atoms with E-state index in [1.165, 1.54) is 15.2 Å². The van der Waals surface area contributed by atoms with Crippen LogP contribution in [-0.2, 0) is 21.9 Å². The van der Waals surface area contributed by atoms with Crippen LogP contribution >= 0.6 is 0 Å². The summed E-state index contributed by atoms with van der Waals surface area (Å²) in [4.78, 5) is 15.1. The van der Waals surface area contributed by atoms with Crippen LogP contribution in [0.1, 0.15) is 19.8 Å². The van der Waals surface area contributed by atoms with E-state index in [9.17, 15) is 13.2 Å².